The van der Waals surface area contributed by atoms with Crippen molar-refractivity contribution < 1.29 is 13.7 Å². The highest BCUT2D eigenvalue weighted by Gasteiger charge is 2.26. The van der Waals surface area contributed by atoms with Crippen molar-refractivity contribution in [1.29, 1.82) is 0 Å². The van der Waals surface area contributed by atoms with E-state index in [-0.39, 0.29) is 17.8 Å². The van der Waals surface area contributed by atoms with Crippen LogP contribution in [0, 0.1) is 12.7 Å². The Morgan fingerprint density at radius 3 is 2.82 bits per heavy atom. The SMILES string of the molecule is Cc1nc(C2CCN(C(=O)Nc3cccc(F)c3)CC2)no1. The van der Waals surface area contributed by atoms with Crippen molar-refractivity contribution in [3.63, 3.8) is 0 Å². The van der Waals surface area contributed by atoms with Crippen molar-refractivity contribution in [3.05, 3.63) is 41.8 Å². The van der Waals surface area contributed by atoms with Gasteiger partial charge in [-0.05, 0) is 31.0 Å². The van der Waals surface area contributed by atoms with E-state index < -0.39 is 0 Å². The quantitative estimate of drug-likeness (QED) is 0.926. The smallest absolute Gasteiger partial charge is 0.321 e. The highest BCUT2D eigenvalue weighted by Crippen LogP contribution is 2.26. The molecule has 0 radical (unpaired) electrons. The topological polar surface area (TPSA) is 71.3 Å². The summed E-state index contributed by atoms with van der Waals surface area (Å²) in [5, 5.41) is 6.65. The van der Waals surface area contributed by atoms with E-state index in [9.17, 15) is 9.18 Å². The fraction of sp³-hybridized carbons (Fsp3) is 0.400. The predicted octanol–water partition coefficient (Wildman–Crippen LogP) is 2.93. The molecular formula is C15H17FN4O2. The highest BCUT2D eigenvalue weighted by atomic mass is 19.1. The monoisotopic (exact) mass is 304 g/mol. The maximum atomic E-state index is 13.1. The Kier molecular flexibility index (Phi) is 4.04. The van der Waals surface area contributed by atoms with Gasteiger partial charge in [0.15, 0.2) is 5.82 Å². The van der Waals surface area contributed by atoms with Crippen LogP contribution >= 0.6 is 0 Å². The van der Waals surface area contributed by atoms with E-state index in [1.165, 1.54) is 12.1 Å². The molecule has 22 heavy (non-hydrogen) atoms. The van der Waals surface area contributed by atoms with Crippen molar-refractivity contribution in [2.45, 2.75) is 25.7 Å². The van der Waals surface area contributed by atoms with E-state index in [0.717, 1.165) is 12.8 Å². The lowest BCUT2D eigenvalue weighted by molar-refractivity contribution is 0.193. The van der Waals surface area contributed by atoms with E-state index in [4.69, 9.17) is 4.52 Å². The Balaban J connectivity index is 1.55. The number of urea groups is 1. The van der Waals surface area contributed by atoms with Gasteiger partial charge in [0.2, 0.25) is 5.89 Å². The van der Waals surface area contributed by atoms with Crippen LogP contribution < -0.4 is 5.32 Å². The molecule has 2 amide bonds. The van der Waals surface area contributed by atoms with Crippen molar-refractivity contribution in [2.24, 2.45) is 0 Å². The van der Waals surface area contributed by atoms with Crippen LogP contribution in [-0.4, -0.2) is 34.2 Å². The summed E-state index contributed by atoms with van der Waals surface area (Å²) < 4.78 is 18.1. The number of rotatable bonds is 2. The number of piperidine rings is 1. The average molecular weight is 304 g/mol. The van der Waals surface area contributed by atoms with Crippen LogP contribution in [0.5, 0.6) is 0 Å². The lowest BCUT2D eigenvalue weighted by Gasteiger charge is -2.30. The molecule has 7 heteroatoms. The molecule has 1 saturated heterocycles. The molecule has 1 N–H and O–H groups in total. The first-order valence-corrected chi connectivity index (χ1v) is 7.23. The van der Waals surface area contributed by atoms with Gasteiger partial charge in [-0.15, -0.1) is 0 Å². The summed E-state index contributed by atoms with van der Waals surface area (Å²) in [5.41, 5.74) is 0.459. The Morgan fingerprint density at radius 2 is 2.18 bits per heavy atom. The fourth-order valence-electron chi connectivity index (χ4n) is 2.59. The Bertz CT molecular complexity index is 665. The number of aromatic nitrogens is 2. The molecule has 0 bridgehead atoms. The van der Waals surface area contributed by atoms with Crippen molar-refractivity contribution in [3.8, 4) is 0 Å². The van der Waals surface area contributed by atoms with Crippen LogP contribution in [0.15, 0.2) is 28.8 Å². The van der Waals surface area contributed by atoms with Gasteiger partial charge in [-0.3, -0.25) is 0 Å². The molecule has 2 aromatic rings. The van der Waals surface area contributed by atoms with Gasteiger partial charge in [0.25, 0.3) is 0 Å². The van der Waals surface area contributed by atoms with Crippen LogP contribution in [0.1, 0.15) is 30.5 Å². The van der Waals surface area contributed by atoms with Crippen LogP contribution in [0.3, 0.4) is 0 Å². The third-order valence-corrected chi connectivity index (χ3v) is 3.77. The number of carbonyl (C=O) groups is 1. The number of carbonyl (C=O) groups excluding carboxylic acids is 1. The van der Waals surface area contributed by atoms with Crippen molar-refractivity contribution >= 4 is 11.7 Å². The number of anilines is 1. The van der Waals surface area contributed by atoms with Gasteiger partial charge in [0.05, 0.1) is 0 Å². The maximum absolute atomic E-state index is 13.1. The molecule has 1 aromatic carbocycles. The number of aryl methyl sites for hydroxylation is 1. The molecule has 1 fully saturated rings. The second-order valence-electron chi connectivity index (χ2n) is 5.37. The summed E-state index contributed by atoms with van der Waals surface area (Å²) >= 11 is 0. The number of hydrogen-bond donors (Lipinski definition) is 1. The Hall–Kier alpha value is -2.44. The molecule has 6 nitrogen and oxygen atoms in total. The summed E-state index contributed by atoms with van der Waals surface area (Å²) in [7, 11) is 0. The lowest BCUT2D eigenvalue weighted by Crippen LogP contribution is -2.40. The van der Waals surface area contributed by atoms with Crippen LogP contribution in [0.2, 0.25) is 0 Å². The summed E-state index contributed by atoms with van der Waals surface area (Å²) in [6.45, 7) is 2.98. The van der Waals surface area contributed by atoms with Crippen molar-refractivity contribution in [1.82, 2.24) is 15.0 Å². The third kappa shape index (κ3) is 3.24. The van der Waals surface area contributed by atoms with Crippen molar-refractivity contribution in [2.75, 3.05) is 18.4 Å². The molecule has 0 atom stereocenters. The van der Waals surface area contributed by atoms with Crippen LogP contribution in [-0.2, 0) is 0 Å². The Morgan fingerprint density at radius 1 is 1.41 bits per heavy atom. The molecular weight excluding hydrogens is 287 g/mol. The number of benzene rings is 1. The molecule has 3 rings (SSSR count). The van der Waals surface area contributed by atoms with Gasteiger partial charge < -0.3 is 14.7 Å². The fourth-order valence-corrected chi connectivity index (χ4v) is 2.59. The summed E-state index contributed by atoms with van der Waals surface area (Å²) in [6.07, 6.45) is 1.57. The first-order valence-electron chi connectivity index (χ1n) is 7.23. The first kappa shape index (κ1) is 14.5. The molecule has 0 spiro atoms. The highest BCUT2D eigenvalue weighted by molar-refractivity contribution is 5.89. The number of nitrogens with one attached hydrogen (secondary N) is 1. The average Bonchev–Trinajstić information content (AvgIpc) is 2.94. The second-order valence-corrected chi connectivity index (χ2v) is 5.37. The largest absolute Gasteiger partial charge is 0.340 e. The summed E-state index contributed by atoms with van der Waals surface area (Å²) in [5.74, 6) is 1.11. The minimum Gasteiger partial charge on any atom is -0.340 e. The van der Waals surface area contributed by atoms with Gasteiger partial charge in [-0.1, -0.05) is 11.2 Å². The summed E-state index contributed by atoms with van der Waals surface area (Å²) in [6, 6.07) is 5.65. The molecule has 1 aliphatic heterocycles. The zero-order valence-electron chi connectivity index (χ0n) is 12.3. The molecule has 116 valence electrons. The summed E-state index contributed by atoms with van der Waals surface area (Å²) in [4.78, 5) is 18.1. The molecule has 1 aromatic heterocycles. The molecule has 0 saturated carbocycles. The number of amides is 2. The van der Waals surface area contributed by atoms with Crippen LogP contribution in [0.25, 0.3) is 0 Å². The van der Waals surface area contributed by atoms with Gasteiger partial charge in [0.1, 0.15) is 5.82 Å². The maximum Gasteiger partial charge on any atom is 0.321 e. The standard InChI is InChI=1S/C15H17FN4O2/c1-10-17-14(19-22-10)11-5-7-20(8-6-11)15(21)18-13-4-2-3-12(16)9-13/h2-4,9,11H,5-8H2,1H3,(H,18,21). The van der Waals surface area contributed by atoms with Crippen LogP contribution in [0.4, 0.5) is 14.9 Å². The predicted molar refractivity (Wildman–Crippen MR) is 78.0 cm³/mol. The molecule has 0 unspecified atom stereocenters. The van der Waals surface area contributed by atoms with E-state index in [0.29, 0.717) is 30.5 Å². The Labute approximate surface area is 127 Å². The van der Waals surface area contributed by atoms with E-state index in [1.807, 2.05) is 0 Å². The minimum absolute atomic E-state index is 0.214. The molecule has 1 aliphatic rings. The number of hydrogen-bond acceptors (Lipinski definition) is 4. The molecule has 2 heterocycles. The van der Waals surface area contributed by atoms with Gasteiger partial charge in [-0.2, -0.15) is 4.98 Å². The normalized spacial score (nSPS) is 15.8. The van der Waals surface area contributed by atoms with Gasteiger partial charge in [0, 0.05) is 31.6 Å². The van der Waals surface area contributed by atoms with Gasteiger partial charge >= 0.3 is 6.03 Å². The third-order valence-electron chi connectivity index (χ3n) is 3.77. The zero-order valence-corrected chi connectivity index (χ0v) is 12.3. The number of halogens is 1. The van der Waals surface area contributed by atoms with E-state index in [1.54, 1.807) is 24.0 Å². The van der Waals surface area contributed by atoms with E-state index >= 15 is 0 Å². The van der Waals surface area contributed by atoms with Gasteiger partial charge in [-0.25, -0.2) is 9.18 Å². The zero-order chi connectivity index (χ0) is 15.5. The second kappa shape index (κ2) is 6.13. The number of nitrogens with zero attached hydrogens (tertiary/aromatic N) is 3. The first-order chi connectivity index (χ1) is 10.6. The lowest BCUT2D eigenvalue weighted by atomic mass is 9.96. The molecule has 0 aliphatic carbocycles. The van der Waals surface area contributed by atoms with E-state index in [2.05, 4.69) is 15.5 Å². The minimum atomic E-state index is -0.371. The number of likely N-dealkylation sites (tertiary alicyclic amines) is 1.